The van der Waals surface area contributed by atoms with E-state index in [-0.39, 0.29) is 0 Å². The van der Waals surface area contributed by atoms with Gasteiger partial charge in [-0.15, -0.1) is 0 Å². The number of hydrogen-bond donors (Lipinski definition) is 1. The van der Waals surface area contributed by atoms with Crippen molar-refractivity contribution in [2.75, 3.05) is 46.5 Å². The summed E-state index contributed by atoms with van der Waals surface area (Å²) in [5.74, 6) is 0.961. The van der Waals surface area contributed by atoms with Crippen LogP contribution in [0.3, 0.4) is 0 Å². The first-order valence-corrected chi connectivity index (χ1v) is 7.03. The number of para-hydroxylation sites is 1. The predicted molar refractivity (Wildman–Crippen MR) is 76.6 cm³/mol. The van der Waals surface area contributed by atoms with Crippen molar-refractivity contribution < 1.29 is 9.47 Å². The molecule has 0 aliphatic carbocycles. The third kappa shape index (κ3) is 4.82. The van der Waals surface area contributed by atoms with Gasteiger partial charge in [0.25, 0.3) is 0 Å². The van der Waals surface area contributed by atoms with E-state index in [0.717, 1.165) is 51.7 Å². The van der Waals surface area contributed by atoms with Crippen molar-refractivity contribution in [2.45, 2.75) is 13.0 Å². The van der Waals surface area contributed by atoms with Gasteiger partial charge in [0.05, 0.1) is 20.3 Å². The smallest absolute Gasteiger partial charge is 0.123 e. The van der Waals surface area contributed by atoms with Gasteiger partial charge in [0.1, 0.15) is 5.75 Å². The topological polar surface area (TPSA) is 33.7 Å². The highest BCUT2D eigenvalue weighted by atomic mass is 16.5. The van der Waals surface area contributed by atoms with Crippen LogP contribution < -0.4 is 10.1 Å². The van der Waals surface area contributed by atoms with E-state index in [1.54, 1.807) is 7.11 Å². The Kier molecular flexibility index (Phi) is 6.14. The molecule has 0 amide bonds. The largest absolute Gasteiger partial charge is 0.496 e. The first-order valence-electron chi connectivity index (χ1n) is 7.03. The lowest BCUT2D eigenvalue weighted by atomic mass is 10.2. The fraction of sp³-hybridized carbons (Fsp3) is 0.600. The highest BCUT2D eigenvalue weighted by Crippen LogP contribution is 2.16. The van der Waals surface area contributed by atoms with E-state index in [2.05, 4.69) is 16.3 Å². The lowest BCUT2D eigenvalue weighted by Crippen LogP contribution is -2.37. The Morgan fingerprint density at radius 2 is 2.05 bits per heavy atom. The molecule has 1 heterocycles. The number of nitrogens with one attached hydrogen (secondary N) is 1. The van der Waals surface area contributed by atoms with E-state index in [0.29, 0.717) is 0 Å². The van der Waals surface area contributed by atoms with E-state index in [9.17, 15) is 0 Å². The number of hydrogen-bond acceptors (Lipinski definition) is 4. The molecule has 0 radical (unpaired) electrons. The van der Waals surface area contributed by atoms with Crippen LogP contribution >= 0.6 is 0 Å². The summed E-state index contributed by atoms with van der Waals surface area (Å²) in [6.07, 6.45) is 1.18. The number of morpholine rings is 1. The Morgan fingerprint density at radius 1 is 1.26 bits per heavy atom. The molecule has 0 unspecified atom stereocenters. The van der Waals surface area contributed by atoms with Crippen LogP contribution in [-0.2, 0) is 11.3 Å². The van der Waals surface area contributed by atoms with Gasteiger partial charge >= 0.3 is 0 Å². The zero-order valence-corrected chi connectivity index (χ0v) is 11.7. The average Bonchev–Trinajstić information content (AvgIpc) is 2.48. The van der Waals surface area contributed by atoms with E-state index >= 15 is 0 Å². The fourth-order valence-corrected chi connectivity index (χ4v) is 2.32. The maximum atomic E-state index is 5.34. The van der Waals surface area contributed by atoms with Gasteiger partial charge in [-0.3, -0.25) is 4.90 Å². The van der Waals surface area contributed by atoms with Crippen LogP contribution in [0.25, 0.3) is 0 Å². The Hall–Kier alpha value is -1.10. The maximum Gasteiger partial charge on any atom is 0.123 e. The van der Waals surface area contributed by atoms with Crippen LogP contribution in [0, 0.1) is 0 Å². The molecule has 1 fully saturated rings. The van der Waals surface area contributed by atoms with Crippen molar-refractivity contribution in [3.8, 4) is 5.75 Å². The molecule has 0 bridgehead atoms. The quantitative estimate of drug-likeness (QED) is 0.757. The standard InChI is InChI=1S/C15H24N2O2/c1-18-15-6-3-2-5-14(15)13-16-7-4-8-17-9-11-19-12-10-17/h2-3,5-6,16H,4,7-13H2,1H3. The van der Waals surface area contributed by atoms with Crippen molar-refractivity contribution in [1.82, 2.24) is 10.2 Å². The van der Waals surface area contributed by atoms with Crippen LogP contribution in [0.5, 0.6) is 5.75 Å². The third-order valence-electron chi connectivity index (χ3n) is 3.44. The summed E-state index contributed by atoms with van der Waals surface area (Å²) in [5.41, 5.74) is 1.22. The molecule has 0 aromatic heterocycles. The molecule has 0 atom stereocenters. The lowest BCUT2D eigenvalue weighted by molar-refractivity contribution is 0.0374. The summed E-state index contributed by atoms with van der Waals surface area (Å²) < 4.78 is 10.7. The summed E-state index contributed by atoms with van der Waals surface area (Å²) in [4.78, 5) is 2.47. The number of rotatable bonds is 7. The Morgan fingerprint density at radius 3 is 2.84 bits per heavy atom. The van der Waals surface area contributed by atoms with Gasteiger partial charge in [0.2, 0.25) is 0 Å². The minimum atomic E-state index is 0.868. The lowest BCUT2D eigenvalue weighted by Gasteiger charge is -2.26. The second kappa shape index (κ2) is 8.15. The van der Waals surface area contributed by atoms with Crippen molar-refractivity contribution in [3.05, 3.63) is 29.8 Å². The number of methoxy groups -OCH3 is 1. The summed E-state index contributed by atoms with van der Waals surface area (Å²) in [6.45, 7) is 6.98. The molecule has 106 valence electrons. The van der Waals surface area contributed by atoms with Crippen LogP contribution in [-0.4, -0.2) is 51.4 Å². The molecule has 4 heteroatoms. The van der Waals surface area contributed by atoms with E-state index in [4.69, 9.17) is 9.47 Å². The minimum Gasteiger partial charge on any atom is -0.496 e. The molecule has 0 spiro atoms. The highest BCUT2D eigenvalue weighted by Gasteiger charge is 2.09. The highest BCUT2D eigenvalue weighted by molar-refractivity contribution is 5.32. The average molecular weight is 264 g/mol. The molecule has 4 nitrogen and oxygen atoms in total. The number of benzene rings is 1. The monoisotopic (exact) mass is 264 g/mol. The zero-order chi connectivity index (χ0) is 13.3. The molecule has 1 aromatic rings. The zero-order valence-electron chi connectivity index (χ0n) is 11.7. The SMILES string of the molecule is COc1ccccc1CNCCCN1CCOCC1. The van der Waals surface area contributed by atoms with Crippen molar-refractivity contribution in [2.24, 2.45) is 0 Å². The molecule has 1 aliphatic heterocycles. The van der Waals surface area contributed by atoms with Gasteiger partial charge < -0.3 is 14.8 Å². The van der Waals surface area contributed by atoms with Gasteiger partial charge in [-0.2, -0.15) is 0 Å². The van der Waals surface area contributed by atoms with Crippen LogP contribution in [0.1, 0.15) is 12.0 Å². The predicted octanol–water partition coefficient (Wildman–Crippen LogP) is 1.51. The van der Waals surface area contributed by atoms with Crippen LogP contribution in [0.4, 0.5) is 0 Å². The molecular formula is C15H24N2O2. The summed E-state index contributed by atoms with van der Waals surface area (Å²) >= 11 is 0. The molecule has 1 N–H and O–H groups in total. The first kappa shape index (κ1) is 14.3. The Balaban J connectivity index is 1.61. The second-order valence-electron chi connectivity index (χ2n) is 4.80. The molecular weight excluding hydrogens is 240 g/mol. The number of nitrogens with zero attached hydrogens (tertiary/aromatic N) is 1. The molecule has 2 rings (SSSR count). The maximum absolute atomic E-state index is 5.34. The minimum absolute atomic E-state index is 0.868. The molecule has 1 aromatic carbocycles. The van der Waals surface area contributed by atoms with E-state index in [1.165, 1.54) is 12.0 Å². The molecule has 1 saturated heterocycles. The summed E-state index contributed by atoms with van der Waals surface area (Å²) in [6, 6.07) is 8.16. The molecule has 1 aliphatic rings. The van der Waals surface area contributed by atoms with Crippen LogP contribution in [0.2, 0.25) is 0 Å². The molecule has 19 heavy (non-hydrogen) atoms. The van der Waals surface area contributed by atoms with Crippen molar-refractivity contribution in [1.29, 1.82) is 0 Å². The first-order chi connectivity index (χ1) is 9.40. The van der Waals surface area contributed by atoms with Crippen molar-refractivity contribution >= 4 is 0 Å². The number of ether oxygens (including phenoxy) is 2. The molecule has 0 saturated carbocycles. The van der Waals surface area contributed by atoms with Gasteiger partial charge in [-0.05, 0) is 25.6 Å². The Labute approximate surface area is 115 Å². The van der Waals surface area contributed by atoms with Gasteiger partial charge in [0.15, 0.2) is 0 Å². The van der Waals surface area contributed by atoms with E-state index in [1.807, 2.05) is 18.2 Å². The fourth-order valence-electron chi connectivity index (χ4n) is 2.32. The summed E-state index contributed by atoms with van der Waals surface area (Å²) in [7, 11) is 1.72. The van der Waals surface area contributed by atoms with Crippen LogP contribution in [0.15, 0.2) is 24.3 Å². The Bertz CT molecular complexity index is 365. The van der Waals surface area contributed by atoms with Gasteiger partial charge in [-0.1, -0.05) is 18.2 Å². The summed E-state index contributed by atoms with van der Waals surface area (Å²) in [5, 5.41) is 3.48. The normalized spacial score (nSPS) is 16.5. The van der Waals surface area contributed by atoms with Gasteiger partial charge in [-0.25, -0.2) is 0 Å². The van der Waals surface area contributed by atoms with E-state index < -0.39 is 0 Å². The second-order valence-corrected chi connectivity index (χ2v) is 4.80. The third-order valence-corrected chi connectivity index (χ3v) is 3.44. The van der Waals surface area contributed by atoms with Crippen molar-refractivity contribution in [3.63, 3.8) is 0 Å². The van der Waals surface area contributed by atoms with Gasteiger partial charge in [0, 0.05) is 25.2 Å².